The highest BCUT2D eigenvalue weighted by molar-refractivity contribution is 5.91. The molecule has 4 heteroatoms. The maximum Gasteiger partial charge on any atom is 0.287 e. The van der Waals surface area contributed by atoms with Crippen LogP contribution in [0.25, 0.3) is 0 Å². The summed E-state index contributed by atoms with van der Waals surface area (Å²) in [6, 6.07) is 5.85. The van der Waals surface area contributed by atoms with Crippen molar-refractivity contribution >= 4 is 5.91 Å². The lowest BCUT2D eigenvalue weighted by Gasteiger charge is -2.07. The smallest absolute Gasteiger partial charge is 0.287 e. The molecule has 0 saturated heterocycles. The largest absolute Gasteiger partial charge is 0.456 e. The van der Waals surface area contributed by atoms with E-state index in [1.165, 1.54) is 12.0 Å². The van der Waals surface area contributed by atoms with Crippen LogP contribution in [0.1, 0.15) is 46.0 Å². The molecule has 0 radical (unpaired) electrons. The molecule has 2 aromatic heterocycles. The summed E-state index contributed by atoms with van der Waals surface area (Å²) >= 11 is 0. The van der Waals surface area contributed by atoms with E-state index in [4.69, 9.17) is 4.42 Å². The number of amides is 1. The Labute approximate surface area is 124 Å². The lowest BCUT2D eigenvalue weighted by molar-refractivity contribution is 0.0924. The van der Waals surface area contributed by atoms with Crippen molar-refractivity contribution in [3.63, 3.8) is 0 Å². The van der Waals surface area contributed by atoms with Gasteiger partial charge in [-0.05, 0) is 49.4 Å². The van der Waals surface area contributed by atoms with Crippen LogP contribution in [0, 0.1) is 6.92 Å². The number of aromatic nitrogens is 1. The van der Waals surface area contributed by atoms with Gasteiger partial charge in [0.15, 0.2) is 5.76 Å². The fraction of sp³-hybridized carbons (Fsp3) is 0.412. The van der Waals surface area contributed by atoms with Crippen LogP contribution in [0.15, 0.2) is 28.8 Å². The Balaban J connectivity index is 1.57. The van der Waals surface area contributed by atoms with Gasteiger partial charge in [-0.25, -0.2) is 0 Å². The number of fused-ring (bicyclic) bond motifs is 1. The van der Waals surface area contributed by atoms with Gasteiger partial charge in [0.25, 0.3) is 5.91 Å². The molecule has 1 aliphatic rings. The maximum atomic E-state index is 12.1. The van der Waals surface area contributed by atoms with Gasteiger partial charge in [-0.2, -0.15) is 0 Å². The number of carbonyl (C=O) groups excluding carboxylic acids is 1. The van der Waals surface area contributed by atoms with E-state index in [9.17, 15) is 4.79 Å². The second kappa shape index (κ2) is 6.12. The van der Waals surface area contributed by atoms with Gasteiger partial charge in [0.05, 0.1) is 0 Å². The van der Waals surface area contributed by atoms with Crippen LogP contribution >= 0.6 is 0 Å². The zero-order valence-corrected chi connectivity index (χ0v) is 12.3. The van der Waals surface area contributed by atoms with Gasteiger partial charge in [0, 0.05) is 31.3 Å². The SMILES string of the molecule is Cc1cccnc1CCNC(=O)c1cc2c(o1)CCCC2. The van der Waals surface area contributed by atoms with Crippen LogP contribution in [0.5, 0.6) is 0 Å². The van der Waals surface area contributed by atoms with Gasteiger partial charge in [0.1, 0.15) is 5.76 Å². The molecule has 0 fully saturated rings. The number of carbonyl (C=O) groups is 1. The number of nitrogens with one attached hydrogen (secondary N) is 1. The number of hydrogen-bond donors (Lipinski definition) is 1. The average molecular weight is 284 g/mol. The van der Waals surface area contributed by atoms with E-state index in [2.05, 4.69) is 10.3 Å². The monoisotopic (exact) mass is 284 g/mol. The van der Waals surface area contributed by atoms with Gasteiger partial charge in [-0.1, -0.05) is 6.07 Å². The third-order valence-corrected chi connectivity index (χ3v) is 3.99. The highest BCUT2D eigenvalue weighted by Crippen LogP contribution is 2.24. The molecule has 21 heavy (non-hydrogen) atoms. The van der Waals surface area contributed by atoms with E-state index >= 15 is 0 Å². The number of rotatable bonds is 4. The molecule has 0 saturated carbocycles. The molecule has 1 aliphatic carbocycles. The first-order chi connectivity index (χ1) is 10.2. The van der Waals surface area contributed by atoms with E-state index in [1.54, 1.807) is 6.20 Å². The summed E-state index contributed by atoms with van der Waals surface area (Å²) in [5.41, 5.74) is 3.38. The van der Waals surface area contributed by atoms with Crippen molar-refractivity contribution in [2.24, 2.45) is 0 Å². The molecule has 1 N–H and O–H groups in total. The standard InChI is InChI=1S/C17H20N2O2/c1-12-5-4-9-18-14(12)8-10-19-17(20)16-11-13-6-2-3-7-15(13)21-16/h4-5,9,11H,2-3,6-8,10H2,1H3,(H,19,20). The number of nitrogens with zero attached hydrogens (tertiary/aromatic N) is 1. The maximum absolute atomic E-state index is 12.1. The van der Waals surface area contributed by atoms with Gasteiger partial charge in [0.2, 0.25) is 0 Å². The molecule has 0 aromatic carbocycles. The summed E-state index contributed by atoms with van der Waals surface area (Å²) in [6.07, 6.45) is 6.84. The minimum Gasteiger partial charge on any atom is -0.456 e. The zero-order valence-electron chi connectivity index (χ0n) is 12.3. The third kappa shape index (κ3) is 3.15. The second-order valence-corrected chi connectivity index (χ2v) is 5.54. The molecule has 0 unspecified atom stereocenters. The van der Waals surface area contributed by atoms with Crippen molar-refractivity contribution in [3.05, 3.63) is 52.7 Å². The zero-order chi connectivity index (χ0) is 14.7. The molecule has 3 rings (SSSR count). The first kappa shape index (κ1) is 13.9. The van der Waals surface area contributed by atoms with Gasteiger partial charge >= 0.3 is 0 Å². The van der Waals surface area contributed by atoms with Gasteiger partial charge in [-0.15, -0.1) is 0 Å². The van der Waals surface area contributed by atoms with Gasteiger partial charge < -0.3 is 9.73 Å². The fourth-order valence-corrected chi connectivity index (χ4v) is 2.76. The van der Waals surface area contributed by atoms with Crippen LogP contribution in [0.4, 0.5) is 0 Å². The summed E-state index contributed by atoms with van der Waals surface area (Å²) in [6.45, 7) is 2.60. The van der Waals surface area contributed by atoms with Crippen molar-refractivity contribution in [1.29, 1.82) is 0 Å². The lowest BCUT2D eigenvalue weighted by atomic mass is 9.99. The van der Waals surface area contributed by atoms with Crippen molar-refractivity contribution in [2.45, 2.75) is 39.0 Å². The van der Waals surface area contributed by atoms with E-state index in [0.717, 1.165) is 42.7 Å². The van der Waals surface area contributed by atoms with E-state index in [-0.39, 0.29) is 5.91 Å². The molecule has 2 heterocycles. The summed E-state index contributed by atoms with van der Waals surface area (Å²) < 4.78 is 5.67. The minimum absolute atomic E-state index is 0.127. The van der Waals surface area contributed by atoms with E-state index < -0.39 is 0 Å². The highest BCUT2D eigenvalue weighted by Gasteiger charge is 2.18. The number of hydrogen-bond acceptors (Lipinski definition) is 3. The normalized spacial score (nSPS) is 13.8. The third-order valence-electron chi connectivity index (χ3n) is 3.99. The molecule has 0 bridgehead atoms. The Bertz CT molecular complexity index is 622. The highest BCUT2D eigenvalue weighted by atomic mass is 16.4. The predicted molar refractivity (Wildman–Crippen MR) is 80.4 cm³/mol. The molecular formula is C17H20N2O2. The Morgan fingerprint density at radius 1 is 1.38 bits per heavy atom. The fourth-order valence-electron chi connectivity index (χ4n) is 2.76. The molecule has 1 amide bonds. The molecule has 0 spiro atoms. The van der Waals surface area contributed by atoms with Crippen LogP contribution < -0.4 is 5.32 Å². The number of pyridine rings is 1. The quantitative estimate of drug-likeness (QED) is 0.939. The molecule has 4 nitrogen and oxygen atoms in total. The van der Waals surface area contributed by atoms with Crippen LogP contribution in [0.2, 0.25) is 0 Å². The molecule has 0 aliphatic heterocycles. The predicted octanol–water partition coefficient (Wildman–Crippen LogP) is 2.83. The Morgan fingerprint density at radius 2 is 2.24 bits per heavy atom. The van der Waals surface area contributed by atoms with Crippen LogP contribution in [0.3, 0.4) is 0 Å². The summed E-state index contributed by atoms with van der Waals surface area (Å²) in [5, 5.41) is 2.91. The summed E-state index contributed by atoms with van der Waals surface area (Å²) in [7, 11) is 0. The van der Waals surface area contributed by atoms with Crippen molar-refractivity contribution < 1.29 is 9.21 Å². The van der Waals surface area contributed by atoms with Gasteiger partial charge in [-0.3, -0.25) is 9.78 Å². The molecule has 0 atom stereocenters. The van der Waals surface area contributed by atoms with E-state index in [0.29, 0.717) is 12.3 Å². The van der Waals surface area contributed by atoms with E-state index in [1.807, 2.05) is 25.1 Å². The van der Waals surface area contributed by atoms with Crippen LogP contribution in [-0.2, 0) is 19.3 Å². The van der Waals surface area contributed by atoms with Crippen molar-refractivity contribution in [2.75, 3.05) is 6.54 Å². The number of aryl methyl sites for hydroxylation is 3. The molecule has 2 aromatic rings. The van der Waals surface area contributed by atoms with Crippen molar-refractivity contribution in [1.82, 2.24) is 10.3 Å². The summed E-state index contributed by atoms with van der Waals surface area (Å²) in [5.74, 6) is 1.31. The molecular weight excluding hydrogens is 264 g/mol. The van der Waals surface area contributed by atoms with Crippen molar-refractivity contribution in [3.8, 4) is 0 Å². The summed E-state index contributed by atoms with van der Waals surface area (Å²) in [4.78, 5) is 16.4. The first-order valence-electron chi connectivity index (χ1n) is 7.54. The topological polar surface area (TPSA) is 55.1 Å². The Hall–Kier alpha value is -2.10. The lowest BCUT2D eigenvalue weighted by Crippen LogP contribution is -2.25. The average Bonchev–Trinajstić information content (AvgIpc) is 2.93. The molecule has 110 valence electrons. The van der Waals surface area contributed by atoms with Crippen LogP contribution in [-0.4, -0.2) is 17.4 Å². The second-order valence-electron chi connectivity index (χ2n) is 5.54. The Morgan fingerprint density at radius 3 is 3.05 bits per heavy atom. The first-order valence-corrected chi connectivity index (χ1v) is 7.54. The minimum atomic E-state index is -0.127. The Kier molecular flexibility index (Phi) is 4.04. The number of furan rings is 1.